The monoisotopic (exact) mass is 305 g/mol. The molecule has 0 bridgehead atoms. The summed E-state index contributed by atoms with van der Waals surface area (Å²) in [6, 6.07) is -0.0984. The fourth-order valence-corrected chi connectivity index (χ4v) is 2.25. The van der Waals surface area contributed by atoms with Gasteiger partial charge >= 0.3 is 0 Å². The molecule has 0 aliphatic rings. The number of hydrogen-bond donors (Lipinski definition) is 1. The number of aromatic nitrogens is 2. The van der Waals surface area contributed by atoms with E-state index >= 15 is 0 Å². The van der Waals surface area contributed by atoms with Gasteiger partial charge in [0.15, 0.2) is 0 Å². The largest absolute Gasteiger partial charge is 0.383 e. The Hall–Kier alpha value is -0.430. The van der Waals surface area contributed by atoms with Crippen LogP contribution >= 0.6 is 15.9 Å². The lowest BCUT2D eigenvalue weighted by molar-refractivity contribution is 0.103. The molecule has 0 spiro atoms. The van der Waals surface area contributed by atoms with Crippen molar-refractivity contribution in [2.45, 2.75) is 32.0 Å². The zero-order valence-corrected chi connectivity index (χ0v) is 12.1. The van der Waals surface area contributed by atoms with Crippen LogP contribution in [0.15, 0.2) is 10.7 Å². The molecule has 0 radical (unpaired) electrons. The van der Waals surface area contributed by atoms with Gasteiger partial charge in [0.05, 0.1) is 41.7 Å². The number of rotatable bonds is 7. The Morgan fingerprint density at radius 3 is 2.82 bits per heavy atom. The Kier molecular flexibility index (Phi) is 6.11. The van der Waals surface area contributed by atoms with Crippen molar-refractivity contribution in [3.8, 4) is 0 Å². The standard InChI is InChI=1S/C11H20BrN3O2/c1-8(17-3)6-10(13)11-9(12)7-14-15(11)4-5-16-2/h7-8,10H,4-6,13H2,1-3H3. The third-order valence-corrected chi connectivity index (χ3v) is 3.29. The summed E-state index contributed by atoms with van der Waals surface area (Å²) in [7, 11) is 3.36. The first-order valence-electron chi connectivity index (χ1n) is 5.58. The molecule has 6 heteroatoms. The molecule has 5 nitrogen and oxygen atoms in total. The van der Waals surface area contributed by atoms with Crippen LogP contribution in [-0.2, 0) is 16.0 Å². The van der Waals surface area contributed by atoms with Gasteiger partial charge in [0.25, 0.3) is 0 Å². The second-order valence-electron chi connectivity index (χ2n) is 3.98. The molecule has 0 fully saturated rings. The van der Waals surface area contributed by atoms with Crippen molar-refractivity contribution in [2.75, 3.05) is 20.8 Å². The van der Waals surface area contributed by atoms with Crippen LogP contribution in [0, 0.1) is 0 Å². The first kappa shape index (κ1) is 14.6. The number of nitrogens with two attached hydrogens (primary N) is 1. The zero-order valence-electron chi connectivity index (χ0n) is 10.5. The molecule has 17 heavy (non-hydrogen) atoms. The molecule has 2 atom stereocenters. The van der Waals surface area contributed by atoms with Gasteiger partial charge in [0, 0.05) is 14.2 Å². The van der Waals surface area contributed by atoms with Gasteiger partial charge in [-0.1, -0.05) is 0 Å². The van der Waals surface area contributed by atoms with Crippen LogP contribution in [0.1, 0.15) is 25.1 Å². The predicted molar refractivity (Wildman–Crippen MR) is 69.8 cm³/mol. The molecule has 2 N–H and O–H groups in total. The molecule has 98 valence electrons. The Labute approximate surface area is 110 Å². The number of ether oxygens (including phenoxy) is 2. The van der Waals surface area contributed by atoms with Crippen LogP contribution in [-0.4, -0.2) is 36.7 Å². The third kappa shape index (κ3) is 4.06. The van der Waals surface area contributed by atoms with E-state index in [1.165, 1.54) is 0 Å². The molecule has 0 aromatic carbocycles. The minimum absolute atomic E-state index is 0.0984. The molecule has 2 unspecified atom stereocenters. The molecule has 1 rings (SSSR count). The number of halogens is 1. The van der Waals surface area contributed by atoms with Gasteiger partial charge in [-0.05, 0) is 29.3 Å². The van der Waals surface area contributed by atoms with E-state index in [-0.39, 0.29) is 12.1 Å². The molecule has 0 aliphatic carbocycles. The minimum atomic E-state index is -0.0984. The van der Waals surface area contributed by atoms with Gasteiger partial charge in [-0.2, -0.15) is 5.10 Å². The molecule has 0 aliphatic heterocycles. The second-order valence-corrected chi connectivity index (χ2v) is 4.84. The highest BCUT2D eigenvalue weighted by Gasteiger charge is 2.18. The zero-order chi connectivity index (χ0) is 12.8. The highest BCUT2D eigenvalue weighted by Crippen LogP contribution is 2.25. The Balaban J connectivity index is 2.76. The van der Waals surface area contributed by atoms with Crippen LogP contribution in [0.3, 0.4) is 0 Å². The van der Waals surface area contributed by atoms with Gasteiger partial charge in [-0.25, -0.2) is 0 Å². The van der Waals surface area contributed by atoms with Crippen molar-refractivity contribution in [1.29, 1.82) is 0 Å². The molecule has 0 amide bonds. The summed E-state index contributed by atoms with van der Waals surface area (Å²) in [6.45, 7) is 3.32. The Morgan fingerprint density at radius 1 is 1.53 bits per heavy atom. The lowest BCUT2D eigenvalue weighted by atomic mass is 10.1. The van der Waals surface area contributed by atoms with E-state index in [2.05, 4.69) is 21.0 Å². The molecule has 1 heterocycles. The SMILES string of the molecule is COCCn1ncc(Br)c1C(N)CC(C)OC. The maximum absolute atomic E-state index is 6.18. The maximum atomic E-state index is 6.18. The maximum Gasteiger partial charge on any atom is 0.0695 e. The van der Waals surface area contributed by atoms with Crippen LogP contribution in [0.5, 0.6) is 0 Å². The second kappa shape index (κ2) is 7.10. The van der Waals surface area contributed by atoms with E-state index in [1.807, 2.05) is 11.6 Å². The van der Waals surface area contributed by atoms with Crippen LogP contribution in [0.2, 0.25) is 0 Å². The number of hydrogen-bond acceptors (Lipinski definition) is 4. The van der Waals surface area contributed by atoms with Gasteiger partial charge in [-0.15, -0.1) is 0 Å². The van der Waals surface area contributed by atoms with Crippen LogP contribution < -0.4 is 5.73 Å². The van der Waals surface area contributed by atoms with Crippen LogP contribution in [0.25, 0.3) is 0 Å². The molecule has 1 aromatic rings. The summed E-state index contributed by atoms with van der Waals surface area (Å²) in [5, 5.41) is 4.28. The van der Waals surface area contributed by atoms with Gasteiger partial charge < -0.3 is 15.2 Å². The Morgan fingerprint density at radius 2 is 2.24 bits per heavy atom. The molecule has 1 aromatic heterocycles. The van der Waals surface area contributed by atoms with E-state index in [4.69, 9.17) is 15.2 Å². The fraction of sp³-hybridized carbons (Fsp3) is 0.727. The number of nitrogens with zero attached hydrogens (tertiary/aromatic N) is 2. The predicted octanol–water partition coefficient (Wildman–Crippen LogP) is 1.72. The fourth-order valence-electron chi connectivity index (χ4n) is 1.66. The highest BCUT2D eigenvalue weighted by atomic mass is 79.9. The summed E-state index contributed by atoms with van der Waals surface area (Å²) >= 11 is 3.48. The normalized spacial score (nSPS) is 14.9. The van der Waals surface area contributed by atoms with Crippen molar-refractivity contribution in [3.63, 3.8) is 0 Å². The lowest BCUT2D eigenvalue weighted by Crippen LogP contribution is -2.22. The van der Waals surface area contributed by atoms with Crippen molar-refractivity contribution in [2.24, 2.45) is 5.73 Å². The van der Waals surface area contributed by atoms with E-state index in [0.717, 1.165) is 16.6 Å². The molecular weight excluding hydrogens is 286 g/mol. The van der Waals surface area contributed by atoms with Crippen molar-refractivity contribution < 1.29 is 9.47 Å². The molecule has 0 saturated heterocycles. The van der Waals surface area contributed by atoms with Gasteiger partial charge in [0.2, 0.25) is 0 Å². The van der Waals surface area contributed by atoms with Crippen LogP contribution in [0.4, 0.5) is 0 Å². The van der Waals surface area contributed by atoms with Gasteiger partial charge in [0.1, 0.15) is 0 Å². The number of methoxy groups -OCH3 is 2. The lowest BCUT2D eigenvalue weighted by Gasteiger charge is -2.18. The summed E-state index contributed by atoms with van der Waals surface area (Å²) in [6.07, 6.45) is 2.65. The average molecular weight is 306 g/mol. The van der Waals surface area contributed by atoms with Gasteiger partial charge in [-0.3, -0.25) is 4.68 Å². The van der Waals surface area contributed by atoms with Crippen molar-refractivity contribution >= 4 is 15.9 Å². The van der Waals surface area contributed by atoms with Crippen molar-refractivity contribution in [1.82, 2.24) is 9.78 Å². The molecule has 0 saturated carbocycles. The first-order chi connectivity index (χ1) is 8.10. The summed E-state index contributed by atoms with van der Waals surface area (Å²) in [5.74, 6) is 0. The third-order valence-electron chi connectivity index (χ3n) is 2.68. The average Bonchev–Trinajstić information content (AvgIpc) is 2.67. The quantitative estimate of drug-likeness (QED) is 0.833. The summed E-state index contributed by atoms with van der Waals surface area (Å²) < 4.78 is 13.1. The topological polar surface area (TPSA) is 62.3 Å². The highest BCUT2D eigenvalue weighted by molar-refractivity contribution is 9.10. The van der Waals surface area contributed by atoms with E-state index in [1.54, 1.807) is 20.4 Å². The van der Waals surface area contributed by atoms with E-state index in [9.17, 15) is 0 Å². The van der Waals surface area contributed by atoms with E-state index < -0.39 is 0 Å². The Bertz CT molecular complexity index is 343. The summed E-state index contributed by atoms with van der Waals surface area (Å²) in [4.78, 5) is 0. The first-order valence-corrected chi connectivity index (χ1v) is 6.38. The minimum Gasteiger partial charge on any atom is -0.383 e. The molecular formula is C11H20BrN3O2. The smallest absolute Gasteiger partial charge is 0.0695 e. The van der Waals surface area contributed by atoms with Crippen molar-refractivity contribution in [3.05, 3.63) is 16.4 Å². The summed E-state index contributed by atoms with van der Waals surface area (Å²) in [5.41, 5.74) is 7.17. The van der Waals surface area contributed by atoms with E-state index in [0.29, 0.717) is 13.2 Å².